The highest BCUT2D eigenvalue weighted by atomic mass is 16.3. The summed E-state index contributed by atoms with van der Waals surface area (Å²) in [6.45, 7) is 0.754. The minimum atomic E-state index is -2.73. The lowest BCUT2D eigenvalue weighted by atomic mass is 9.52. The zero-order valence-corrected chi connectivity index (χ0v) is 22.9. The average Bonchev–Trinajstić information content (AvgIpc) is 2.86. The molecule has 4 N–H and O–H groups in total. The monoisotopic (exact) mass is 547 g/mol. The van der Waals surface area contributed by atoms with Crippen molar-refractivity contribution in [1.82, 2.24) is 9.80 Å². The van der Waals surface area contributed by atoms with Crippen molar-refractivity contribution in [2.24, 2.45) is 29.4 Å². The molecule has 10 heteroatoms. The van der Waals surface area contributed by atoms with Crippen molar-refractivity contribution in [2.45, 2.75) is 31.0 Å². The molecule has 2 aromatic carbocycles. The summed E-state index contributed by atoms with van der Waals surface area (Å²) in [7, 11) is 7.07. The number of phenolic OH excluding ortho intramolecular Hbond substituents is 1. The Bertz CT molecular complexity index is 1450. The zero-order valence-electron chi connectivity index (χ0n) is 22.9. The number of primary amides is 1. The number of phenols is 1. The van der Waals surface area contributed by atoms with Crippen LogP contribution in [0.15, 0.2) is 36.4 Å². The van der Waals surface area contributed by atoms with Crippen molar-refractivity contribution in [3.63, 3.8) is 0 Å². The first-order chi connectivity index (χ1) is 18.8. The highest BCUT2D eigenvalue weighted by Crippen LogP contribution is 2.51. The molecule has 5 rings (SSSR count). The molecule has 0 spiro atoms. The second-order valence-electron chi connectivity index (χ2n) is 11.7. The summed E-state index contributed by atoms with van der Waals surface area (Å²) in [4.78, 5) is 70.0. The molecule has 0 saturated heterocycles. The van der Waals surface area contributed by atoms with Gasteiger partial charge in [0.15, 0.2) is 34.7 Å². The lowest BCUT2D eigenvalue weighted by Crippen LogP contribution is -2.74. The highest BCUT2D eigenvalue weighted by molar-refractivity contribution is 6.32. The Morgan fingerprint density at radius 1 is 1.00 bits per heavy atom. The number of aliphatic hydroxyl groups is 1. The number of amides is 1. The van der Waals surface area contributed by atoms with Crippen molar-refractivity contribution in [3.05, 3.63) is 53.1 Å². The summed E-state index contributed by atoms with van der Waals surface area (Å²) in [6, 6.07) is 9.87. The molecular weight excluding hydrogens is 514 g/mol. The predicted octanol–water partition coefficient (Wildman–Crippen LogP) is 0.596. The van der Waals surface area contributed by atoms with Crippen LogP contribution in [0.3, 0.4) is 0 Å². The molecule has 1 amide bonds. The quantitative estimate of drug-likeness (QED) is 0.456. The summed E-state index contributed by atoms with van der Waals surface area (Å²) in [5, 5.41) is 22.4. The first-order valence-corrected chi connectivity index (χ1v) is 13.2. The van der Waals surface area contributed by atoms with Crippen molar-refractivity contribution in [3.8, 4) is 16.9 Å². The van der Waals surface area contributed by atoms with E-state index in [1.807, 2.05) is 43.3 Å². The van der Waals surface area contributed by atoms with Crippen LogP contribution in [0.4, 0.5) is 0 Å². The van der Waals surface area contributed by atoms with Crippen molar-refractivity contribution in [2.75, 3.05) is 28.2 Å². The summed E-state index contributed by atoms with van der Waals surface area (Å²) in [5.74, 6) is -10.5. The molecule has 210 valence electrons. The number of carbonyl (C=O) groups is 5. The first kappa shape index (κ1) is 27.8. The number of fused-ring (bicyclic) bond motifs is 3. The second kappa shape index (κ2) is 9.72. The number of rotatable bonds is 5. The van der Waals surface area contributed by atoms with E-state index >= 15 is 0 Å². The Hall–Kier alpha value is -3.73. The van der Waals surface area contributed by atoms with E-state index in [0.29, 0.717) is 5.56 Å². The van der Waals surface area contributed by atoms with Gasteiger partial charge in [0.1, 0.15) is 5.75 Å². The van der Waals surface area contributed by atoms with E-state index < -0.39 is 64.4 Å². The Kier molecular flexibility index (Phi) is 6.76. The van der Waals surface area contributed by atoms with Gasteiger partial charge in [-0.2, -0.15) is 0 Å². The molecule has 0 heterocycles. The van der Waals surface area contributed by atoms with Crippen molar-refractivity contribution >= 4 is 29.0 Å². The number of ketones is 4. The molecule has 0 aromatic heterocycles. The summed E-state index contributed by atoms with van der Waals surface area (Å²) in [6.07, 6.45) is 0.232. The maximum absolute atomic E-state index is 13.9. The Morgan fingerprint density at radius 3 is 2.23 bits per heavy atom. The molecule has 3 aliphatic carbocycles. The average molecular weight is 548 g/mol. The molecule has 3 aliphatic rings. The minimum Gasteiger partial charge on any atom is -0.507 e. The van der Waals surface area contributed by atoms with E-state index in [4.69, 9.17) is 5.73 Å². The Labute approximate surface area is 231 Å². The number of hydrogen-bond donors (Lipinski definition) is 3. The van der Waals surface area contributed by atoms with Crippen LogP contribution in [0.2, 0.25) is 0 Å². The molecule has 0 bridgehead atoms. The van der Waals surface area contributed by atoms with Gasteiger partial charge in [-0.3, -0.25) is 28.9 Å². The number of aromatic hydroxyl groups is 1. The smallest absolute Gasteiger partial charge is 0.235 e. The van der Waals surface area contributed by atoms with E-state index in [2.05, 4.69) is 0 Å². The van der Waals surface area contributed by atoms with Crippen molar-refractivity contribution < 1.29 is 34.2 Å². The fraction of sp³-hybridized carbons (Fsp3) is 0.433. The highest BCUT2D eigenvalue weighted by Gasteiger charge is 2.69. The maximum atomic E-state index is 13.9. The minimum absolute atomic E-state index is 0.0125. The van der Waals surface area contributed by atoms with Gasteiger partial charge in [-0.05, 0) is 75.3 Å². The van der Waals surface area contributed by atoms with Crippen LogP contribution in [0, 0.1) is 23.7 Å². The van der Waals surface area contributed by atoms with Gasteiger partial charge in [-0.1, -0.05) is 30.3 Å². The summed E-state index contributed by atoms with van der Waals surface area (Å²) in [5.41, 5.74) is 5.87. The van der Waals surface area contributed by atoms with E-state index in [0.717, 1.165) is 23.2 Å². The largest absolute Gasteiger partial charge is 0.507 e. The number of carbonyl (C=O) groups excluding carboxylic acids is 5. The van der Waals surface area contributed by atoms with Gasteiger partial charge < -0.3 is 20.8 Å². The lowest BCUT2D eigenvalue weighted by molar-refractivity contribution is -0.181. The van der Waals surface area contributed by atoms with Crippen LogP contribution >= 0.6 is 0 Å². The van der Waals surface area contributed by atoms with Crippen LogP contribution in [0.1, 0.15) is 27.9 Å². The molecule has 2 saturated carbocycles. The third kappa shape index (κ3) is 4.01. The topological polar surface area (TPSA) is 158 Å². The Balaban J connectivity index is 1.60. The molecule has 2 fully saturated rings. The van der Waals surface area contributed by atoms with E-state index in [9.17, 15) is 34.2 Å². The number of likely N-dealkylation sites (N-methyl/N-ethyl adjacent to an activating group) is 1. The molecule has 2 aromatic rings. The standard InChI is InChI=1S/C30H33N3O7/c1-32(2)13-14-5-7-15(8-6-14)17-9-10-20(34)22-18(17)11-16-12-19-24(33(3)4)26(36)23(29(31)39)28(38)30(19,40)27(37)21(16)25(22)35/h5-10,16,19,21,23-24,34,40H,11-13H2,1-4H3,(H2,31,39). The van der Waals surface area contributed by atoms with Gasteiger partial charge in [0, 0.05) is 12.5 Å². The predicted molar refractivity (Wildman–Crippen MR) is 144 cm³/mol. The molecule has 6 atom stereocenters. The van der Waals surface area contributed by atoms with Gasteiger partial charge in [0.25, 0.3) is 0 Å². The molecule has 0 aliphatic heterocycles. The number of benzene rings is 2. The third-order valence-corrected chi connectivity index (χ3v) is 8.71. The normalized spacial score (nSPS) is 29.8. The van der Waals surface area contributed by atoms with Crippen LogP contribution in [-0.2, 0) is 32.1 Å². The van der Waals surface area contributed by atoms with Crippen LogP contribution in [-0.4, -0.2) is 88.9 Å². The van der Waals surface area contributed by atoms with Crippen molar-refractivity contribution in [1.29, 1.82) is 0 Å². The van der Waals surface area contributed by atoms with E-state index in [1.165, 1.54) is 11.0 Å². The number of nitrogens with zero attached hydrogens (tertiary/aromatic N) is 2. The van der Waals surface area contributed by atoms with Gasteiger partial charge in [-0.15, -0.1) is 0 Å². The Morgan fingerprint density at radius 2 is 1.65 bits per heavy atom. The third-order valence-electron chi connectivity index (χ3n) is 8.71. The van der Waals surface area contributed by atoms with Crippen LogP contribution < -0.4 is 5.73 Å². The van der Waals surface area contributed by atoms with Gasteiger partial charge >= 0.3 is 0 Å². The molecular formula is C30H33N3O7. The van der Waals surface area contributed by atoms with Gasteiger partial charge in [0.05, 0.1) is 17.5 Å². The second-order valence-corrected chi connectivity index (χ2v) is 11.7. The van der Waals surface area contributed by atoms with Gasteiger partial charge in [0.2, 0.25) is 5.91 Å². The molecule has 10 nitrogen and oxygen atoms in total. The SMILES string of the molecule is CN(C)Cc1ccc(-c2ccc(O)c3c2CC2CC4C(N(C)C)C(=O)C(C(N)=O)C(=O)C4(O)C(=O)C2C3=O)cc1. The van der Waals surface area contributed by atoms with E-state index in [-0.39, 0.29) is 24.2 Å². The van der Waals surface area contributed by atoms with Crippen LogP contribution in [0.25, 0.3) is 11.1 Å². The first-order valence-electron chi connectivity index (χ1n) is 13.2. The maximum Gasteiger partial charge on any atom is 0.235 e. The molecule has 6 unspecified atom stereocenters. The summed E-state index contributed by atoms with van der Waals surface area (Å²) >= 11 is 0. The number of Topliss-reactive ketones (excluding diaryl/α,β-unsaturated/α-hetero) is 4. The van der Waals surface area contributed by atoms with E-state index in [1.54, 1.807) is 20.2 Å². The fourth-order valence-electron chi connectivity index (χ4n) is 7.03. The molecule has 0 radical (unpaired) electrons. The fourth-order valence-corrected chi connectivity index (χ4v) is 7.03. The zero-order chi connectivity index (χ0) is 29.3. The summed E-state index contributed by atoms with van der Waals surface area (Å²) < 4.78 is 0. The number of hydrogen-bond acceptors (Lipinski definition) is 9. The molecule has 40 heavy (non-hydrogen) atoms. The van der Waals surface area contributed by atoms with Crippen LogP contribution in [0.5, 0.6) is 5.75 Å². The van der Waals surface area contributed by atoms with Gasteiger partial charge in [-0.25, -0.2) is 0 Å². The lowest BCUT2D eigenvalue weighted by Gasteiger charge is -2.52. The number of nitrogens with two attached hydrogens (primary N) is 1.